The SMILES string of the molecule is Cc1cccc(C)[n+]1O.Cc1cccc(C)[n+]1O.O=S(=O)(O)O.[Cu]. The van der Waals surface area contributed by atoms with Gasteiger partial charge in [0.2, 0.25) is 22.8 Å². The van der Waals surface area contributed by atoms with Crippen molar-refractivity contribution in [3.8, 4) is 0 Å². The molecule has 2 heterocycles. The third-order valence-electron chi connectivity index (χ3n) is 2.69. The van der Waals surface area contributed by atoms with Crippen molar-refractivity contribution >= 4 is 10.4 Å². The number of hydrogen-bond donors (Lipinski definition) is 4. The van der Waals surface area contributed by atoms with Gasteiger partial charge in [0.15, 0.2) is 0 Å². The van der Waals surface area contributed by atoms with Crippen molar-refractivity contribution in [1.29, 1.82) is 0 Å². The van der Waals surface area contributed by atoms with Crippen molar-refractivity contribution in [1.82, 2.24) is 0 Å². The van der Waals surface area contributed by atoms with Crippen molar-refractivity contribution in [3.63, 3.8) is 0 Å². The molecule has 8 nitrogen and oxygen atoms in total. The molecule has 0 saturated heterocycles. The third kappa shape index (κ3) is 10.9. The van der Waals surface area contributed by atoms with Crippen LogP contribution in [0, 0.1) is 27.7 Å². The first kappa shape index (κ1) is 24.5. The van der Waals surface area contributed by atoms with Gasteiger partial charge in [0.1, 0.15) is 0 Å². The molecule has 0 atom stereocenters. The van der Waals surface area contributed by atoms with Crippen LogP contribution in [0.5, 0.6) is 0 Å². The summed E-state index contributed by atoms with van der Waals surface area (Å²) in [7, 11) is -4.67. The first-order valence-electron chi connectivity index (χ1n) is 6.48. The van der Waals surface area contributed by atoms with Crippen LogP contribution in [-0.2, 0) is 27.5 Å². The summed E-state index contributed by atoms with van der Waals surface area (Å²) in [6, 6.07) is 11.2. The zero-order valence-corrected chi connectivity index (χ0v) is 15.4. The number of rotatable bonds is 0. The van der Waals surface area contributed by atoms with Gasteiger partial charge in [0, 0.05) is 78.5 Å². The van der Waals surface area contributed by atoms with Crippen molar-refractivity contribution in [2.24, 2.45) is 0 Å². The second-order valence-electron chi connectivity index (χ2n) is 4.69. The molecule has 0 fully saturated rings. The first-order chi connectivity index (χ1) is 10.4. The van der Waals surface area contributed by atoms with Gasteiger partial charge < -0.3 is 0 Å². The molecule has 0 aliphatic rings. The van der Waals surface area contributed by atoms with E-state index in [1.165, 1.54) is 9.46 Å². The molecule has 0 amide bonds. The van der Waals surface area contributed by atoms with E-state index in [9.17, 15) is 0 Å². The van der Waals surface area contributed by atoms with E-state index in [0.717, 1.165) is 22.8 Å². The Morgan fingerprint density at radius 3 is 1.00 bits per heavy atom. The minimum Gasteiger partial charge on any atom is -0.285 e. The maximum Gasteiger partial charge on any atom is 0.394 e. The van der Waals surface area contributed by atoms with Gasteiger partial charge in [-0.05, 0) is 12.1 Å². The Morgan fingerprint density at radius 1 is 0.708 bits per heavy atom. The molecular formula is C14H22CuN2O6S+2. The van der Waals surface area contributed by atoms with Crippen LogP contribution in [0.3, 0.4) is 0 Å². The summed E-state index contributed by atoms with van der Waals surface area (Å²) >= 11 is 0. The minimum absolute atomic E-state index is 0. The zero-order chi connectivity index (χ0) is 18.2. The van der Waals surface area contributed by atoms with Crippen molar-refractivity contribution in [2.45, 2.75) is 27.7 Å². The fraction of sp³-hybridized carbons (Fsp3) is 0.286. The summed E-state index contributed by atoms with van der Waals surface area (Å²) in [5.74, 6) is 0. The van der Waals surface area contributed by atoms with Crippen molar-refractivity contribution < 1.29 is 54.5 Å². The number of pyridine rings is 2. The van der Waals surface area contributed by atoms with Gasteiger partial charge >= 0.3 is 10.4 Å². The van der Waals surface area contributed by atoms with Gasteiger partial charge in [-0.2, -0.15) is 8.42 Å². The maximum absolute atomic E-state index is 9.12. The van der Waals surface area contributed by atoms with Gasteiger partial charge in [-0.1, -0.05) is 0 Å². The second kappa shape index (κ2) is 11.0. The van der Waals surface area contributed by atoms with Gasteiger partial charge in [0.05, 0.1) is 0 Å². The molecule has 0 aliphatic heterocycles. The molecular weight excluding hydrogens is 388 g/mol. The number of aromatic nitrogens is 2. The van der Waals surface area contributed by atoms with Crippen molar-refractivity contribution in [2.75, 3.05) is 0 Å². The van der Waals surface area contributed by atoms with E-state index < -0.39 is 10.4 Å². The Hall–Kier alpha value is -1.71. The fourth-order valence-electron chi connectivity index (χ4n) is 1.49. The number of nitrogens with zero attached hydrogens (tertiary/aromatic N) is 2. The standard InChI is InChI=1S/2C7H10NO.Cu.H2O4S/c2*1-6-4-3-5-7(2)8(6)9;;1-5(2,3)4/h2*3-5,9H,1-2H3;;(H2,1,2,3,4)/q2*+1;;. The second-order valence-corrected chi connectivity index (χ2v) is 5.58. The average Bonchev–Trinajstić information content (AvgIpc) is 2.41. The Balaban J connectivity index is 0. The van der Waals surface area contributed by atoms with E-state index in [4.69, 9.17) is 27.9 Å². The van der Waals surface area contributed by atoms with Crippen LogP contribution < -0.4 is 9.46 Å². The van der Waals surface area contributed by atoms with E-state index in [-0.39, 0.29) is 17.1 Å². The molecule has 0 spiro atoms. The topological polar surface area (TPSA) is 123 Å². The Labute approximate surface area is 152 Å². The average molecular weight is 410 g/mol. The van der Waals surface area contributed by atoms with E-state index in [1.807, 2.05) is 64.1 Å². The molecule has 0 unspecified atom stereocenters. The molecule has 24 heavy (non-hydrogen) atoms. The van der Waals surface area contributed by atoms with E-state index in [2.05, 4.69) is 0 Å². The molecule has 10 heteroatoms. The fourth-order valence-corrected chi connectivity index (χ4v) is 1.49. The van der Waals surface area contributed by atoms with Crippen LogP contribution in [0.2, 0.25) is 0 Å². The summed E-state index contributed by atoms with van der Waals surface area (Å²) in [4.78, 5) is 0. The molecule has 2 rings (SSSR count). The quantitative estimate of drug-likeness (QED) is 0.223. The Bertz CT molecular complexity index is 655. The van der Waals surface area contributed by atoms with Crippen LogP contribution in [0.1, 0.15) is 22.8 Å². The van der Waals surface area contributed by atoms with E-state index in [1.54, 1.807) is 0 Å². The zero-order valence-electron chi connectivity index (χ0n) is 13.7. The van der Waals surface area contributed by atoms with Gasteiger partial charge in [-0.15, -0.1) is 0 Å². The molecule has 0 aliphatic carbocycles. The smallest absolute Gasteiger partial charge is 0.285 e. The monoisotopic (exact) mass is 409 g/mol. The maximum atomic E-state index is 9.12. The molecule has 2 aromatic rings. The molecule has 0 aromatic carbocycles. The Kier molecular flexibility index (Phi) is 11.2. The third-order valence-corrected chi connectivity index (χ3v) is 2.69. The summed E-state index contributed by atoms with van der Waals surface area (Å²) in [5, 5.41) is 18.2. The van der Waals surface area contributed by atoms with E-state index in [0.29, 0.717) is 0 Å². The van der Waals surface area contributed by atoms with Crippen LogP contribution in [-0.4, -0.2) is 27.9 Å². The van der Waals surface area contributed by atoms with Gasteiger partial charge in [0.25, 0.3) is 0 Å². The summed E-state index contributed by atoms with van der Waals surface area (Å²) in [5.41, 5.74) is 3.43. The largest absolute Gasteiger partial charge is 0.394 e. The van der Waals surface area contributed by atoms with Crippen LogP contribution in [0.25, 0.3) is 0 Å². The molecule has 2 aromatic heterocycles. The molecule has 1 radical (unpaired) electrons. The first-order valence-corrected chi connectivity index (χ1v) is 7.88. The summed E-state index contributed by atoms with van der Waals surface area (Å²) in [6.45, 7) is 7.42. The predicted octanol–water partition coefficient (Wildman–Crippen LogP) is 1.00. The van der Waals surface area contributed by atoms with Crippen LogP contribution >= 0.6 is 0 Å². The van der Waals surface area contributed by atoms with Gasteiger partial charge in [-0.3, -0.25) is 19.5 Å². The summed E-state index contributed by atoms with van der Waals surface area (Å²) < 4.78 is 33.9. The summed E-state index contributed by atoms with van der Waals surface area (Å²) in [6.07, 6.45) is 0. The Morgan fingerprint density at radius 2 is 0.875 bits per heavy atom. The van der Waals surface area contributed by atoms with Gasteiger partial charge in [-0.25, -0.2) is 0 Å². The van der Waals surface area contributed by atoms with Crippen LogP contribution in [0.4, 0.5) is 0 Å². The van der Waals surface area contributed by atoms with E-state index >= 15 is 0 Å². The molecule has 139 valence electrons. The number of aryl methyl sites for hydroxylation is 4. The molecule has 0 saturated carbocycles. The molecule has 4 N–H and O–H groups in total. The predicted molar refractivity (Wildman–Crippen MR) is 80.8 cm³/mol. The normalized spacial score (nSPS) is 9.58. The minimum atomic E-state index is -4.67. The number of hydrogen-bond acceptors (Lipinski definition) is 4. The van der Waals surface area contributed by atoms with Crippen LogP contribution in [0.15, 0.2) is 36.4 Å². The van der Waals surface area contributed by atoms with Crippen molar-refractivity contribution in [3.05, 3.63) is 59.2 Å². The molecule has 0 bridgehead atoms.